The summed E-state index contributed by atoms with van der Waals surface area (Å²) >= 11 is 0. The summed E-state index contributed by atoms with van der Waals surface area (Å²) in [6.07, 6.45) is 8.21. The molecule has 0 aliphatic heterocycles. The lowest BCUT2D eigenvalue weighted by Crippen LogP contribution is -2.21. The van der Waals surface area contributed by atoms with Crippen molar-refractivity contribution in [3.8, 4) is 29.7 Å². The summed E-state index contributed by atoms with van der Waals surface area (Å²) in [6, 6.07) is 8.51. The highest BCUT2D eigenvalue weighted by molar-refractivity contribution is 6.26. The number of benzene rings is 1. The monoisotopic (exact) mass is 753 g/mol. The number of carbonyl (C=O) groups is 8. The zero-order valence-corrected chi connectivity index (χ0v) is 31.2. The Morgan fingerprint density at radius 2 is 0.536 bits per heavy atom. The van der Waals surface area contributed by atoms with Crippen molar-refractivity contribution in [3.05, 3.63) is 116 Å². The molecule has 1 aromatic carbocycles. The maximum atomic E-state index is 13.1. The molecule has 0 saturated heterocycles. The number of ether oxygens (including phenoxy) is 2. The van der Waals surface area contributed by atoms with E-state index in [0.717, 1.165) is 36.5 Å². The van der Waals surface area contributed by atoms with Crippen LogP contribution in [0, 0.1) is 34.0 Å². The van der Waals surface area contributed by atoms with Crippen LogP contribution < -0.4 is 9.47 Å². The van der Waals surface area contributed by atoms with E-state index in [1.54, 1.807) is 30.3 Å². The van der Waals surface area contributed by atoms with Gasteiger partial charge in [-0.2, -0.15) is 15.8 Å². The highest BCUT2D eigenvalue weighted by Crippen LogP contribution is 2.35. The Bertz CT molecular complexity index is 2180. The molecule has 0 saturated carbocycles. The van der Waals surface area contributed by atoms with Crippen molar-refractivity contribution in [1.82, 2.24) is 0 Å². The number of nitrogens with zero attached hydrogens (tertiary/aromatic N) is 3. The first-order chi connectivity index (χ1) is 26.7. The molecule has 1 aromatic rings. The number of carbonyl (C=O) groups excluding carboxylic acids is 8. The van der Waals surface area contributed by atoms with Gasteiger partial charge < -0.3 is 9.47 Å². The Balaban J connectivity index is 0.000000854. The zero-order chi connectivity index (χ0) is 41.7. The Hall–Kier alpha value is -7.43. The van der Waals surface area contributed by atoms with Crippen molar-refractivity contribution < 1.29 is 47.8 Å². The van der Waals surface area contributed by atoms with Gasteiger partial charge in [0.1, 0.15) is 11.5 Å². The maximum Gasteiger partial charge on any atom is 0.182 e. The van der Waals surface area contributed by atoms with E-state index in [4.69, 9.17) is 25.3 Å². The van der Waals surface area contributed by atoms with Crippen LogP contribution in [0.5, 0.6) is 11.5 Å². The summed E-state index contributed by atoms with van der Waals surface area (Å²) in [5.41, 5.74) is 1.46. The second-order valence-corrected chi connectivity index (χ2v) is 12.3. The summed E-state index contributed by atoms with van der Waals surface area (Å²) in [7, 11) is 2.85. The van der Waals surface area contributed by atoms with Gasteiger partial charge >= 0.3 is 0 Å². The Morgan fingerprint density at radius 1 is 0.375 bits per heavy atom. The number of ketones is 8. The molecule has 0 atom stereocenters. The van der Waals surface area contributed by atoms with Gasteiger partial charge in [-0.25, -0.2) is 0 Å². The smallest absolute Gasteiger partial charge is 0.182 e. The van der Waals surface area contributed by atoms with Gasteiger partial charge in [0.25, 0.3) is 0 Å². The predicted octanol–water partition coefficient (Wildman–Crippen LogP) is 4.58. The van der Waals surface area contributed by atoms with Crippen molar-refractivity contribution in [3.63, 3.8) is 0 Å². The number of allylic oxidation sites excluding steroid dienone is 16. The lowest BCUT2D eigenvalue weighted by atomic mass is 9.83. The standard InChI is InChI=1S/C37H26O10.3C2H3N/c1-46-36-16-27-7-25-15-33(43)23(13-35(25)45)5-21-11-29(39)19(9-31(21)41)3-18-8-30(40)20(10-28(18)38)4-22-12-34(44)24(14-32(22)42)6-26(36)17-37(27)47-2;3*1-2-3/h8-17H,3-7H2,1-2H3;3*1H3. The van der Waals surface area contributed by atoms with E-state index < -0.39 is 46.3 Å². The van der Waals surface area contributed by atoms with E-state index in [1.165, 1.54) is 47.1 Å². The molecule has 0 N–H and O–H groups in total. The molecule has 13 heteroatoms. The molecule has 0 radical (unpaired) electrons. The molecule has 14 aliphatic carbocycles. The second-order valence-electron chi connectivity index (χ2n) is 12.3. The lowest BCUT2D eigenvalue weighted by molar-refractivity contribution is -0.116. The van der Waals surface area contributed by atoms with Crippen molar-refractivity contribution >= 4 is 46.3 Å². The number of hydrogen-bond donors (Lipinski definition) is 0. The summed E-state index contributed by atoms with van der Waals surface area (Å²) in [5.74, 6) is -3.48. The molecular weight excluding hydrogens is 718 g/mol. The number of hydrogen-bond acceptors (Lipinski definition) is 13. The predicted molar refractivity (Wildman–Crippen MR) is 199 cm³/mol. The third kappa shape index (κ3) is 10.4. The molecule has 0 aromatic heterocycles. The summed E-state index contributed by atoms with van der Waals surface area (Å²) in [4.78, 5) is 104. The van der Waals surface area contributed by atoms with E-state index >= 15 is 0 Å². The average molecular weight is 754 g/mol. The average Bonchev–Trinajstić information content (AvgIpc) is 3.14. The highest BCUT2D eigenvalue weighted by atomic mass is 16.5. The Labute approximate surface area is 322 Å². The summed E-state index contributed by atoms with van der Waals surface area (Å²) in [5, 5.41) is 22.0. The first-order valence-electron chi connectivity index (χ1n) is 16.8. The molecule has 10 bridgehead atoms. The highest BCUT2D eigenvalue weighted by Gasteiger charge is 2.30. The van der Waals surface area contributed by atoms with Crippen molar-refractivity contribution in [2.24, 2.45) is 0 Å². The van der Waals surface area contributed by atoms with Crippen LogP contribution in [0.1, 0.15) is 51.2 Å². The Kier molecular flexibility index (Phi) is 15.0. The van der Waals surface area contributed by atoms with Gasteiger partial charge in [-0.1, -0.05) is 0 Å². The first-order valence-corrected chi connectivity index (χ1v) is 16.8. The van der Waals surface area contributed by atoms with Gasteiger partial charge in [-0.05, 0) is 60.7 Å². The normalized spacial score (nSPS) is 17.4. The zero-order valence-electron chi connectivity index (χ0n) is 31.2. The largest absolute Gasteiger partial charge is 0.496 e. The minimum Gasteiger partial charge on any atom is -0.496 e. The van der Waals surface area contributed by atoms with Crippen molar-refractivity contribution in [2.75, 3.05) is 14.2 Å². The summed E-state index contributed by atoms with van der Waals surface area (Å²) < 4.78 is 11.1. The van der Waals surface area contributed by atoms with E-state index in [0.29, 0.717) is 22.6 Å². The van der Waals surface area contributed by atoms with E-state index in [1.807, 2.05) is 0 Å². The number of methoxy groups -OCH3 is 2. The minimum absolute atomic E-state index is 0.00903. The van der Waals surface area contributed by atoms with Crippen LogP contribution in [0.4, 0.5) is 0 Å². The molecule has 0 unspecified atom stereocenters. The fraction of sp³-hybridized carbons (Fsp3) is 0.233. The van der Waals surface area contributed by atoms with Gasteiger partial charge in [0.15, 0.2) is 46.3 Å². The van der Waals surface area contributed by atoms with Crippen LogP contribution in [0.25, 0.3) is 0 Å². The van der Waals surface area contributed by atoms with Gasteiger partial charge in [-0.15, -0.1) is 0 Å². The van der Waals surface area contributed by atoms with Crippen LogP contribution in [0.15, 0.2) is 105 Å². The molecule has 0 fully saturated rings. The van der Waals surface area contributed by atoms with E-state index in [9.17, 15) is 38.4 Å². The molecule has 282 valence electrons. The third-order valence-electron chi connectivity index (χ3n) is 8.56. The summed E-state index contributed by atoms with van der Waals surface area (Å²) in [6.45, 7) is 4.29. The molecule has 0 amide bonds. The van der Waals surface area contributed by atoms with Gasteiger partial charge in [0.05, 0.1) is 32.4 Å². The van der Waals surface area contributed by atoms with E-state index in [-0.39, 0.29) is 76.7 Å². The second kappa shape index (κ2) is 19.6. The van der Waals surface area contributed by atoms with Crippen molar-refractivity contribution in [1.29, 1.82) is 15.8 Å². The van der Waals surface area contributed by atoms with Crippen LogP contribution in [0.3, 0.4) is 0 Å². The van der Waals surface area contributed by atoms with E-state index in [2.05, 4.69) is 0 Å². The molecule has 14 aliphatic rings. The molecule has 0 spiro atoms. The number of nitriles is 3. The topological polar surface area (TPSA) is 226 Å². The van der Waals surface area contributed by atoms with Crippen LogP contribution in [-0.2, 0) is 51.2 Å². The quantitative estimate of drug-likeness (QED) is 0.377. The third-order valence-corrected chi connectivity index (χ3v) is 8.56. The number of rotatable bonds is 2. The fourth-order valence-electron chi connectivity index (χ4n) is 6.01. The molecule has 0 heterocycles. The fourth-order valence-corrected chi connectivity index (χ4v) is 6.01. The van der Waals surface area contributed by atoms with Crippen molar-refractivity contribution in [2.45, 2.75) is 52.9 Å². The molecule has 13 nitrogen and oxygen atoms in total. The lowest BCUT2D eigenvalue weighted by Gasteiger charge is -2.19. The van der Waals surface area contributed by atoms with Gasteiger partial charge in [0.2, 0.25) is 0 Å². The van der Waals surface area contributed by atoms with Gasteiger partial charge in [0, 0.05) is 109 Å². The molecule has 15 rings (SSSR count). The first kappa shape index (κ1) is 43.0. The molecular formula is C43H35N3O10. The maximum absolute atomic E-state index is 13.1. The van der Waals surface area contributed by atoms with Crippen LogP contribution in [-0.4, -0.2) is 60.5 Å². The Morgan fingerprint density at radius 3 is 0.696 bits per heavy atom. The van der Waals surface area contributed by atoms with Crippen LogP contribution >= 0.6 is 0 Å². The molecule has 56 heavy (non-hydrogen) atoms. The minimum atomic E-state index is -0.573. The van der Waals surface area contributed by atoms with Gasteiger partial charge in [-0.3, -0.25) is 38.4 Å². The SMILES string of the molecule is CC#N.CC#N.CC#N.COc1cc2c(OC)cc1CC1=CC(=O)C(=CC1=O)CC1=CC(=O)C(=CC1=O)CC1=CC(=O)C(=CC1=O)CC1=CC(=O)C(=CC1=O)C2. The van der Waals surface area contributed by atoms with Crippen LogP contribution in [0.2, 0.25) is 0 Å².